The van der Waals surface area contributed by atoms with Gasteiger partial charge >= 0.3 is 0 Å². The molecule has 1 aromatic heterocycles. The lowest BCUT2D eigenvalue weighted by atomic mass is 10.0. The highest BCUT2D eigenvalue weighted by Gasteiger charge is 2.24. The molecule has 4 rings (SSSR count). The summed E-state index contributed by atoms with van der Waals surface area (Å²) >= 11 is 6.02. The molecule has 2 aromatic carbocycles. The van der Waals surface area contributed by atoms with Crippen molar-refractivity contribution in [1.29, 1.82) is 5.41 Å². The highest BCUT2D eigenvalue weighted by Crippen LogP contribution is 2.29. The van der Waals surface area contributed by atoms with Gasteiger partial charge in [0.1, 0.15) is 23.7 Å². The molecular formula is C20H18ClN5O. The maximum atomic E-state index is 9.80. The highest BCUT2D eigenvalue weighted by molar-refractivity contribution is 6.31. The van der Waals surface area contributed by atoms with Gasteiger partial charge in [0.25, 0.3) is 0 Å². The molecule has 5 N–H and O–H groups in total. The third-order valence-corrected chi connectivity index (χ3v) is 4.91. The number of halogens is 1. The van der Waals surface area contributed by atoms with Gasteiger partial charge in [-0.3, -0.25) is 5.41 Å². The predicted octanol–water partition coefficient (Wildman–Crippen LogP) is 3.41. The molecule has 6 nitrogen and oxygen atoms in total. The largest absolute Gasteiger partial charge is 0.508 e. The molecule has 7 heteroatoms. The van der Waals surface area contributed by atoms with Gasteiger partial charge in [-0.2, -0.15) is 0 Å². The Morgan fingerprint density at radius 3 is 2.52 bits per heavy atom. The van der Waals surface area contributed by atoms with Crippen molar-refractivity contribution in [3.8, 4) is 5.75 Å². The minimum absolute atomic E-state index is 0.0153. The van der Waals surface area contributed by atoms with Crippen LogP contribution < -0.4 is 11.1 Å². The number of rotatable bonds is 4. The van der Waals surface area contributed by atoms with E-state index in [0.717, 1.165) is 12.8 Å². The number of nitrogens with one attached hydrogen (secondary N) is 2. The first-order valence-corrected chi connectivity index (χ1v) is 8.91. The number of fused-ring (bicyclic) bond motifs is 1. The topological polar surface area (TPSA) is 108 Å². The number of phenols is 1. The lowest BCUT2D eigenvalue weighted by molar-refractivity contribution is 0.475. The number of aromatic hydroxyl groups is 1. The Hall–Kier alpha value is -3.12. The Bertz CT molecular complexity index is 991. The van der Waals surface area contributed by atoms with Gasteiger partial charge in [-0.1, -0.05) is 35.9 Å². The Kier molecular flexibility index (Phi) is 4.41. The van der Waals surface area contributed by atoms with Crippen LogP contribution in [0.25, 0.3) is 0 Å². The number of nitrogens with zero attached hydrogens (tertiary/aromatic N) is 2. The molecule has 0 radical (unpaired) electrons. The maximum Gasteiger partial charge on any atom is 0.141 e. The zero-order valence-corrected chi connectivity index (χ0v) is 15.2. The molecule has 0 saturated heterocycles. The van der Waals surface area contributed by atoms with Crippen molar-refractivity contribution in [2.75, 3.05) is 11.1 Å². The summed E-state index contributed by atoms with van der Waals surface area (Å²) in [5.74, 6) is 0.690. The number of nitrogens with two attached hydrogens (primary N) is 1. The van der Waals surface area contributed by atoms with Crippen LogP contribution in [0.5, 0.6) is 5.75 Å². The maximum absolute atomic E-state index is 9.80. The molecule has 3 aromatic rings. The Balaban J connectivity index is 1.66. The van der Waals surface area contributed by atoms with E-state index in [0.29, 0.717) is 22.0 Å². The van der Waals surface area contributed by atoms with Crippen LogP contribution in [0.2, 0.25) is 5.02 Å². The number of phenolic OH excluding ortho intramolecular Hbond substituents is 1. The van der Waals surface area contributed by atoms with Gasteiger partial charge in [0.05, 0.1) is 11.3 Å². The van der Waals surface area contributed by atoms with Gasteiger partial charge in [-0.25, -0.2) is 9.97 Å². The monoisotopic (exact) mass is 379 g/mol. The van der Waals surface area contributed by atoms with Crippen molar-refractivity contribution in [2.45, 2.75) is 18.9 Å². The minimum Gasteiger partial charge on any atom is -0.508 e. The van der Waals surface area contributed by atoms with Crippen LogP contribution in [-0.4, -0.2) is 26.8 Å². The van der Waals surface area contributed by atoms with Gasteiger partial charge in [0.2, 0.25) is 0 Å². The Morgan fingerprint density at radius 1 is 1.15 bits per heavy atom. The molecule has 0 unspecified atom stereocenters. The third kappa shape index (κ3) is 3.44. The van der Waals surface area contributed by atoms with Crippen molar-refractivity contribution in [3.63, 3.8) is 0 Å². The highest BCUT2D eigenvalue weighted by atomic mass is 35.5. The van der Waals surface area contributed by atoms with Crippen LogP contribution in [0.3, 0.4) is 0 Å². The molecule has 0 aliphatic heterocycles. The second-order valence-corrected chi connectivity index (χ2v) is 7.01. The fraction of sp³-hybridized carbons (Fsp3) is 0.150. The summed E-state index contributed by atoms with van der Waals surface area (Å²) in [4.78, 5) is 8.35. The van der Waals surface area contributed by atoms with Crippen LogP contribution >= 0.6 is 11.6 Å². The van der Waals surface area contributed by atoms with Crippen LogP contribution in [0.1, 0.15) is 22.3 Å². The van der Waals surface area contributed by atoms with Crippen molar-refractivity contribution in [2.24, 2.45) is 0 Å². The molecule has 0 saturated carbocycles. The fourth-order valence-electron chi connectivity index (χ4n) is 3.47. The van der Waals surface area contributed by atoms with E-state index >= 15 is 0 Å². The zero-order chi connectivity index (χ0) is 19.0. The summed E-state index contributed by atoms with van der Waals surface area (Å²) in [7, 11) is 0. The molecular weight excluding hydrogens is 362 g/mol. The number of benzene rings is 2. The molecule has 0 fully saturated rings. The van der Waals surface area contributed by atoms with E-state index in [9.17, 15) is 5.11 Å². The van der Waals surface area contributed by atoms with E-state index in [1.807, 2.05) is 12.1 Å². The minimum atomic E-state index is -0.0153. The summed E-state index contributed by atoms with van der Waals surface area (Å²) in [5, 5.41) is 22.1. The standard InChI is InChI=1S/C20H18ClN5O/c21-14-5-13(8-16(27)9-14)18(22)17-19(23)24-10-25-20(17)26-15-6-11-3-1-2-4-12(11)7-15/h1-5,8-10,15,22,27H,6-7H2,(H3,23,24,25,26). The first kappa shape index (κ1) is 17.3. The fourth-order valence-corrected chi connectivity index (χ4v) is 3.70. The van der Waals surface area contributed by atoms with Gasteiger partial charge in [-0.15, -0.1) is 0 Å². The van der Waals surface area contributed by atoms with Crippen molar-refractivity contribution in [1.82, 2.24) is 9.97 Å². The number of anilines is 2. The molecule has 0 atom stereocenters. The summed E-state index contributed by atoms with van der Waals surface area (Å²) in [6.45, 7) is 0. The molecule has 1 heterocycles. The van der Waals surface area contributed by atoms with Crippen LogP contribution in [-0.2, 0) is 12.8 Å². The summed E-state index contributed by atoms with van der Waals surface area (Å²) in [5.41, 5.74) is 9.64. The van der Waals surface area contributed by atoms with E-state index in [-0.39, 0.29) is 23.3 Å². The Labute approximate surface area is 161 Å². The van der Waals surface area contributed by atoms with Gasteiger partial charge < -0.3 is 16.2 Å². The number of nitrogen functional groups attached to an aromatic ring is 1. The van der Waals surface area contributed by atoms with Gasteiger partial charge in [-0.05, 0) is 42.2 Å². The predicted molar refractivity (Wildman–Crippen MR) is 107 cm³/mol. The van der Waals surface area contributed by atoms with E-state index in [1.54, 1.807) is 6.07 Å². The van der Waals surface area contributed by atoms with Gasteiger partial charge in [0.15, 0.2) is 0 Å². The molecule has 136 valence electrons. The SMILES string of the molecule is N=C(c1cc(O)cc(Cl)c1)c1c(N)ncnc1NC1Cc2ccccc2C1. The van der Waals surface area contributed by atoms with Crippen LogP contribution in [0, 0.1) is 5.41 Å². The van der Waals surface area contributed by atoms with Crippen molar-refractivity contribution >= 4 is 28.9 Å². The van der Waals surface area contributed by atoms with Gasteiger partial charge in [0, 0.05) is 16.6 Å². The van der Waals surface area contributed by atoms with E-state index in [4.69, 9.17) is 22.7 Å². The third-order valence-electron chi connectivity index (χ3n) is 4.69. The van der Waals surface area contributed by atoms with Crippen LogP contribution in [0.4, 0.5) is 11.6 Å². The average Bonchev–Trinajstić information content (AvgIpc) is 3.03. The zero-order valence-electron chi connectivity index (χ0n) is 14.4. The molecule has 1 aliphatic rings. The van der Waals surface area contributed by atoms with E-state index < -0.39 is 0 Å². The number of hydrogen-bond acceptors (Lipinski definition) is 6. The molecule has 1 aliphatic carbocycles. The first-order chi connectivity index (χ1) is 13.0. The number of hydrogen-bond donors (Lipinski definition) is 4. The van der Waals surface area contributed by atoms with E-state index in [1.165, 1.54) is 29.6 Å². The smallest absolute Gasteiger partial charge is 0.141 e. The average molecular weight is 380 g/mol. The van der Waals surface area contributed by atoms with Crippen molar-refractivity contribution in [3.05, 3.63) is 76.1 Å². The lowest BCUT2D eigenvalue weighted by Crippen LogP contribution is -2.23. The summed E-state index contributed by atoms with van der Waals surface area (Å²) in [6.07, 6.45) is 3.14. The molecule has 0 bridgehead atoms. The van der Waals surface area contributed by atoms with Crippen molar-refractivity contribution < 1.29 is 5.11 Å². The normalized spacial score (nSPS) is 13.4. The quantitative estimate of drug-likeness (QED) is 0.519. The molecule has 27 heavy (non-hydrogen) atoms. The summed E-state index contributed by atoms with van der Waals surface area (Å²) < 4.78 is 0. The Morgan fingerprint density at radius 2 is 1.85 bits per heavy atom. The van der Waals surface area contributed by atoms with Crippen LogP contribution in [0.15, 0.2) is 48.8 Å². The second kappa shape index (κ2) is 6.89. The second-order valence-electron chi connectivity index (χ2n) is 6.57. The first-order valence-electron chi connectivity index (χ1n) is 8.54. The number of aromatic nitrogens is 2. The lowest BCUT2D eigenvalue weighted by Gasteiger charge is -2.17. The van der Waals surface area contributed by atoms with E-state index in [2.05, 4.69) is 27.4 Å². The molecule has 0 amide bonds. The summed E-state index contributed by atoms with van der Waals surface area (Å²) in [6, 6.07) is 13.0. The molecule has 0 spiro atoms.